The Hall–Kier alpha value is -2.01. The molecule has 3 rings (SSSR count). The molecule has 0 saturated carbocycles. The number of hydrogen-bond donors (Lipinski definition) is 0. The van der Waals surface area contributed by atoms with Gasteiger partial charge in [-0.3, -0.25) is 9.48 Å². The van der Waals surface area contributed by atoms with Gasteiger partial charge in [-0.05, 0) is 17.7 Å². The van der Waals surface area contributed by atoms with Crippen LogP contribution in [0.4, 0.5) is 0 Å². The van der Waals surface area contributed by atoms with Crippen molar-refractivity contribution in [3.63, 3.8) is 0 Å². The zero-order valence-corrected chi connectivity index (χ0v) is 10.6. The smallest absolute Gasteiger partial charge is 0.195 e. The fourth-order valence-electron chi connectivity index (χ4n) is 1.82. The predicted molar refractivity (Wildman–Crippen MR) is 70.9 cm³/mol. The molecule has 0 spiro atoms. The number of carbonyl (C=O) groups is 1. The van der Waals surface area contributed by atoms with Crippen LogP contribution < -0.4 is 0 Å². The molecule has 0 unspecified atom stereocenters. The van der Waals surface area contributed by atoms with Gasteiger partial charge in [0.05, 0.1) is 16.4 Å². The van der Waals surface area contributed by atoms with Crippen molar-refractivity contribution in [1.29, 1.82) is 0 Å². The molecule has 0 amide bonds. The normalized spacial score (nSPS) is 10.9. The van der Waals surface area contributed by atoms with Gasteiger partial charge in [-0.2, -0.15) is 5.10 Å². The highest BCUT2D eigenvalue weighted by atomic mass is 32.1. The fourth-order valence-corrected chi connectivity index (χ4v) is 2.72. The SMILES string of the molecule is Cn1cc(CC(=O)c2nc3ccccc3s2)cn1. The van der Waals surface area contributed by atoms with Crippen molar-refractivity contribution in [3.05, 3.63) is 47.2 Å². The summed E-state index contributed by atoms with van der Waals surface area (Å²) in [6, 6.07) is 7.79. The van der Waals surface area contributed by atoms with E-state index >= 15 is 0 Å². The summed E-state index contributed by atoms with van der Waals surface area (Å²) in [4.78, 5) is 16.5. The first-order valence-corrected chi connectivity index (χ1v) is 6.40. The molecule has 3 aromatic rings. The van der Waals surface area contributed by atoms with Crippen LogP contribution in [0.1, 0.15) is 15.4 Å². The van der Waals surface area contributed by atoms with E-state index in [-0.39, 0.29) is 5.78 Å². The third-order valence-electron chi connectivity index (χ3n) is 2.66. The standard InChI is InChI=1S/C13H11N3OS/c1-16-8-9(7-14-16)6-11(17)13-15-10-4-2-3-5-12(10)18-13/h2-5,7-8H,6H2,1H3. The summed E-state index contributed by atoms with van der Waals surface area (Å²) in [5.41, 5.74) is 1.80. The number of aromatic nitrogens is 3. The third-order valence-corrected chi connectivity index (χ3v) is 3.73. The number of fused-ring (bicyclic) bond motifs is 1. The Labute approximate surface area is 108 Å². The van der Waals surface area contributed by atoms with Crippen LogP contribution >= 0.6 is 11.3 Å². The number of para-hydroxylation sites is 1. The number of thiazole rings is 1. The summed E-state index contributed by atoms with van der Waals surface area (Å²) in [5.74, 6) is 0.0456. The Balaban J connectivity index is 1.87. The zero-order chi connectivity index (χ0) is 12.5. The summed E-state index contributed by atoms with van der Waals surface area (Å²) < 4.78 is 2.74. The van der Waals surface area contributed by atoms with Crippen molar-refractivity contribution in [2.45, 2.75) is 6.42 Å². The van der Waals surface area contributed by atoms with Crippen LogP contribution in [-0.4, -0.2) is 20.5 Å². The maximum absolute atomic E-state index is 12.1. The largest absolute Gasteiger partial charge is 0.291 e. The molecular weight excluding hydrogens is 246 g/mol. The summed E-state index contributed by atoms with van der Waals surface area (Å²) in [5, 5.41) is 4.62. The zero-order valence-electron chi connectivity index (χ0n) is 9.83. The Bertz CT molecular complexity index is 681. The molecule has 0 radical (unpaired) electrons. The maximum Gasteiger partial charge on any atom is 0.195 e. The maximum atomic E-state index is 12.1. The molecule has 2 heterocycles. The number of benzene rings is 1. The van der Waals surface area contributed by atoms with E-state index in [0.717, 1.165) is 15.8 Å². The van der Waals surface area contributed by atoms with Crippen molar-refractivity contribution < 1.29 is 4.79 Å². The highest BCUT2D eigenvalue weighted by Crippen LogP contribution is 2.22. The summed E-state index contributed by atoms with van der Waals surface area (Å²) in [6.45, 7) is 0. The van der Waals surface area contributed by atoms with Crippen molar-refractivity contribution in [3.8, 4) is 0 Å². The van der Waals surface area contributed by atoms with E-state index in [1.165, 1.54) is 11.3 Å². The summed E-state index contributed by atoms with van der Waals surface area (Å²) >= 11 is 1.44. The van der Waals surface area contributed by atoms with Crippen LogP contribution in [0.3, 0.4) is 0 Å². The van der Waals surface area contributed by atoms with E-state index < -0.39 is 0 Å². The molecule has 0 atom stereocenters. The second kappa shape index (κ2) is 4.34. The van der Waals surface area contributed by atoms with Crippen molar-refractivity contribution >= 4 is 27.3 Å². The van der Waals surface area contributed by atoms with Gasteiger partial charge in [-0.1, -0.05) is 12.1 Å². The average Bonchev–Trinajstić information content (AvgIpc) is 2.95. The van der Waals surface area contributed by atoms with Gasteiger partial charge in [0, 0.05) is 19.7 Å². The van der Waals surface area contributed by atoms with Crippen molar-refractivity contribution in [2.24, 2.45) is 7.05 Å². The molecule has 0 bridgehead atoms. The number of rotatable bonds is 3. The molecule has 0 fully saturated rings. The van der Waals surface area contributed by atoms with Crippen LogP contribution in [0, 0.1) is 0 Å². The Morgan fingerprint density at radius 3 is 2.94 bits per heavy atom. The third kappa shape index (κ3) is 2.04. The minimum absolute atomic E-state index is 0.0456. The number of carbonyl (C=O) groups excluding carboxylic acids is 1. The highest BCUT2D eigenvalue weighted by Gasteiger charge is 2.13. The second-order valence-corrected chi connectivity index (χ2v) is 5.14. The number of hydrogen-bond acceptors (Lipinski definition) is 4. The number of nitrogens with zero attached hydrogens (tertiary/aromatic N) is 3. The molecule has 5 heteroatoms. The number of Topliss-reactive ketones (excluding diaryl/α,β-unsaturated/α-hetero) is 1. The van der Waals surface area contributed by atoms with Crippen LogP contribution in [0.15, 0.2) is 36.7 Å². The summed E-state index contributed by atoms with van der Waals surface area (Å²) in [7, 11) is 1.84. The lowest BCUT2D eigenvalue weighted by Crippen LogP contribution is -2.02. The molecule has 0 saturated heterocycles. The molecule has 0 aliphatic heterocycles. The van der Waals surface area contributed by atoms with Crippen LogP contribution in [-0.2, 0) is 13.5 Å². The second-order valence-electron chi connectivity index (χ2n) is 4.11. The van der Waals surface area contributed by atoms with Gasteiger partial charge in [0.2, 0.25) is 0 Å². The van der Waals surface area contributed by atoms with Crippen LogP contribution in [0.25, 0.3) is 10.2 Å². The highest BCUT2D eigenvalue weighted by molar-refractivity contribution is 7.20. The Kier molecular flexibility index (Phi) is 2.68. The molecule has 18 heavy (non-hydrogen) atoms. The van der Waals surface area contributed by atoms with Crippen LogP contribution in [0.2, 0.25) is 0 Å². The first-order valence-electron chi connectivity index (χ1n) is 5.59. The van der Waals surface area contributed by atoms with E-state index in [9.17, 15) is 4.79 Å². The average molecular weight is 257 g/mol. The van der Waals surface area contributed by atoms with E-state index in [1.54, 1.807) is 10.9 Å². The molecule has 0 N–H and O–H groups in total. The lowest BCUT2D eigenvalue weighted by Gasteiger charge is -1.92. The van der Waals surface area contributed by atoms with Gasteiger partial charge >= 0.3 is 0 Å². The minimum Gasteiger partial charge on any atom is -0.291 e. The van der Waals surface area contributed by atoms with E-state index in [2.05, 4.69) is 10.1 Å². The summed E-state index contributed by atoms with van der Waals surface area (Å²) in [6.07, 6.45) is 3.92. The lowest BCUT2D eigenvalue weighted by atomic mass is 10.2. The van der Waals surface area contributed by atoms with E-state index in [0.29, 0.717) is 11.4 Å². The predicted octanol–water partition coefficient (Wildman–Crippen LogP) is 2.46. The molecule has 90 valence electrons. The van der Waals surface area contributed by atoms with Crippen molar-refractivity contribution in [2.75, 3.05) is 0 Å². The Morgan fingerprint density at radius 2 is 2.22 bits per heavy atom. The molecule has 0 aliphatic carbocycles. The van der Waals surface area contributed by atoms with Gasteiger partial charge < -0.3 is 0 Å². The first-order chi connectivity index (χ1) is 8.72. The van der Waals surface area contributed by atoms with Gasteiger partial charge in [0.1, 0.15) is 0 Å². The van der Waals surface area contributed by atoms with Gasteiger partial charge in [-0.25, -0.2) is 4.98 Å². The first kappa shape index (κ1) is 11.1. The van der Waals surface area contributed by atoms with Gasteiger partial charge in [0.15, 0.2) is 10.8 Å². The van der Waals surface area contributed by atoms with E-state index in [4.69, 9.17) is 0 Å². The topological polar surface area (TPSA) is 47.8 Å². The number of aryl methyl sites for hydroxylation is 1. The van der Waals surface area contributed by atoms with Gasteiger partial charge in [-0.15, -0.1) is 11.3 Å². The molecule has 1 aromatic carbocycles. The molecule has 4 nitrogen and oxygen atoms in total. The molecule has 0 aliphatic rings. The van der Waals surface area contributed by atoms with Gasteiger partial charge in [0.25, 0.3) is 0 Å². The van der Waals surface area contributed by atoms with Crippen LogP contribution in [0.5, 0.6) is 0 Å². The quantitative estimate of drug-likeness (QED) is 0.677. The minimum atomic E-state index is 0.0456. The fraction of sp³-hybridized carbons (Fsp3) is 0.154. The van der Waals surface area contributed by atoms with Crippen molar-refractivity contribution in [1.82, 2.24) is 14.8 Å². The Morgan fingerprint density at radius 1 is 1.39 bits per heavy atom. The monoisotopic (exact) mass is 257 g/mol. The lowest BCUT2D eigenvalue weighted by molar-refractivity contribution is 0.0993. The van der Waals surface area contributed by atoms with E-state index in [1.807, 2.05) is 37.5 Å². The molecule has 2 aromatic heterocycles. The number of ketones is 1. The molecular formula is C13H11N3OS.